The zero-order chi connectivity index (χ0) is 14.5. The van der Waals surface area contributed by atoms with Gasteiger partial charge in [-0.25, -0.2) is 0 Å². The number of thiocarbonyl (C=S) groups is 1. The van der Waals surface area contributed by atoms with E-state index in [0.717, 1.165) is 23.6 Å². The van der Waals surface area contributed by atoms with Crippen molar-refractivity contribution in [3.63, 3.8) is 0 Å². The van der Waals surface area contributed by atoms with Crippen LogP contribution in [0, 0.1) is 0 Å². The Morgan fingerprint density at radius 1 is 1.40 bits per heavy atom. The Balaban J connectivity index is 2.29. The number of hydrogen-bond acceptors (Lipinski definition) is 3. The molecular formula is C15H17N3OS. The molecule has 0 saturated carbocycles. The third-order valence-corrected chi connectivity index (χ3v) is 3.40. The van der Waals surface area contributed by atoms with Crippen LogP contribution in [0.5, 0.6) is 0 Å². The maximum atomic E-state index is 12.4. The van der Waals surface area contributed by atoms with Gasteiger partial charge in [0.05, 0.1) is 11.0 Å². The zero-order valence-electron chi connectivity index (χ0n) is 11.3. The largest absolute Gasteiger partial charge is 0.392 e. The molecule has 0 aliphatic rings. The normalized spacial score (nSPS) is 12.1. The predicted molar refractivity (Wildman–Crippen MR) is 84.7 cm³/mol. The fourth-order valence-corrected chi connectivity index (χ4v) is 2.28. The highest BCUT2D eigenvalue weighted by Gasteiger charge is 2.17. The first-order chi connectivity index (χ1) is 9.63. The Morgan fingerprint density at radius 3 is 2.85 bits per heavy atom. The van der Waals surface area contributed by atoms with Crippen molar-refractivity contribution in [3.8, 4) is 0 Å². The molecule has 104 valence electrons. The zero-order valence-corrected chi connectivity index (χ0v) is 12.1. The Hall–Kier alpha value is -2.01. The lowest BCUT2D eigenvalue weighted by Gasteiger charge is -2.16. The molecule has 0 spiro atoms. The maximum Gasteiger partial charge on any atom is 0.271 e. The molecule has 0 saturated heterocycles. The van der Waals surface area contributed by atoms with Gasteiger partial charge in [-0.05, 0) is 17.9 Å². The van der Waals surface area contributed by atoms with Gasteiger partial charge in [-0.2, -0.15) is 0 Å². The van der Waals surface area contributed by atoms with Gasteiger partial charge >= 0.3 is 0 Å². The summed E-state index contributed by atoms with van der Waals surface area (Å²) in [5, 5.41) is 4.66. The van der Waals surface area contributed by atoms with Crippen molar-refractivity contribution >= 4 is 33.9 Å². The number of carbonyl (C=O) groups is 1. The van der Waals surface area contributed by atoms with Crippen LogP contribution in [0.2, 0.25) is 0 Å². The van der Waals surface area contributed by atoms with Crippen LogP contribution in [0.1, 0.15) is 30.3 Å². The monoisotopic (exact) mass is 287 g/mol. The van der Waals surface area contributed by atoms with Crippen LogP contribution < -0.4 is 11.1 Å². The molecule has 1 atom stereocenters. The van der Waals surface area contributed by atoms with E-state index in [0.29, 0.717) is 10.7 Å². The Labute approximate surface area is 123 Å². The highest BCUT2D eigenvalue weighted by molar-refractivity contribution is 7.80. The fourth-order valence-electron chi connectivity index (χ4n) is 2.10. The van der Waals surface area contributed by atoms with Gasteiger partial charge in [-0.1, -0.05) is 49.8 Å². The molecule has 0 radical (unpaired) electrons. The second kappa shape index (κ2) is 6.43. The number of hydrogen-bond donors (Lipinski definition) is 2. The molecule has 20 heavy (non-hydrogen) atoms. The first-order valence-electron chi connectivity index (χ1n) is 6.57. The molecule has 1 aromatic heterocycles. The van der Waals surface area contributed by atoms with Gasteiger partial charge in [0.1, 0.15) is 5.69 Å². The van der Waals surface area contributed by atoms with E-state index in [1.54, 1.807) is 6.20 Å². The van der Waals surface area contributed by atoms with Crippen LogP contribution >= 0.6 is 12.2 Å². The molecule has 4 nitrogen and oxygen atoms in total. The van der Waals surface area contributed by atoms with Crippen molar-refractivity contribution in [2.45, 2.75) is 25.8 Å². The summed E-state index contributed by atoms with van der Waals surface area (Å²) in [5.74, 6) is -0.243. The van der Waals surface area contributed by atoms with Gasteiger partial charge in [0.15, 0.2) is 0 Å². The molecule has 1 unspecified atom stereocenters. The first-order valence-corrected chi connectivity index (χ1v) is 6.98. The van der Waals surface area contributed by atoms with Crippen LogP contribution in [0.4, 0.5) is 0 Å². The summed E-state index contributed by atoms with van der Waals surface area (Å²) in [6.07, 6.45) is 3.25. The lowest BCUT2D eigenvalue weighted by atomic mass is 10.1. The Morgan fingerprint density at radius 2 is 2.15 bits per heavy atom. The van der Waals surface area contributed by atoms with E-state index >= 15 is 0 Å². The van der Waals surface area contributed by atoms with Crippen molar-refractivity contribution < 1.29 is 4.79 Å². The smallest absolute Gasteiger partial charge is 0.271 e. The van der Waals surface area contributed by atoms with Gasteiger partial charge in [-0.15, -0.1) is 0 Å². The molecule has 3 N–H and O–H groups in total. The molecular weight excluding hydrogens is 270 g/mol. The number of carbonyl (C=O) groups excluding carboxylic acids is 1. The summed E-state index contributed by atoms with van der Waals surface area (Å²) in [7, 11) is 0. The summed E-state index contributed by atoms with van der Waals surface area (Å²) in [4.78, 5) is 16.8. The molecule has 1 amide bonds. The lowest BCUT2D eigenvalue weighted by molar-refractivity contribution is 0.0942. The summed E-state index contributed by atoms with van der Waals surface area (Å²) in [6.45, 7) is 2.02. The van der Waals surface area contributed by atoms with Gasteiger partial charge in [-0.3, -0.25) is 9.78 Å². The van der Waals surface area contributed by atoms with Crippen molar-refractivity contribution in [2.75, 3.05) is 0 Å². The Kier molecular flexibility index (Phi) is 4.63. The Bertz CT molecular complexity index is 637. The molecule has 0 aliphatic carbocycles. The van der Waals surface area contributed by atoms with E-state index in [2.05, 4.69) is 10.3 Å². The first kappa shape index (κ1) is 14.4. The number of pyridine rings is 1. The van der Waals surface area contributed by atoms with Crippen molar-refractivity contribution in [1.29, 1.82) is 0 Å². The number of aromatic nitrogens is 1. The summed E-state index contributed by atoms with van der Waals surface area (Å²) >= 11 is 4.99. The highest BCUT2D eigenvalue weighted by atomic mass is 32.1. The number of benzene rings is 1. The minimum Gasteiger partial charge on any atom is -0.392 e. The average molecular weight is 287 g/mol. The fraction of sp³-hybridized carbons (Fsp3) is 0.267. The number of nitrogens with two attached hydrogens (primary N) is 1. The third-order valence-electron chi connectivity index (χ3n) is 3.11. The number of nitrogens with zero attached hydrogens (tertiary/aromatic N) is 1. The molecule has 0 bridgehead atoms. The molecule has 2 rings (SSSR count). The second-order valence-corrected chi connectivity index (χ2v) is 5.07. The average Bonchev–Trinajstić information content (AvgIpc) is 2.46. The topological polar surface area (TPSA) is 68.0 Å². The molecule has 5 heteroatoms. The van der Waals surface area contributed by atoms with Crippen LogP contribution in [-0.2, 0) is 0 Å². The molecule has 1 heterocycles. The van der Waals surface area contributed by atoms with E-state index in [9.17, 15) is 4.79 Å². The highest BCUT2D eigenvalue weighted by Crippen LogP contribution is 2.16. The number of nitrogens with one attached hydrogen (secondary N) is 1. The van der Waals surface area contributed by atoms with E-state index in [4.69, 9.17) is 18.0 Å². The molecule has 1 aromatic carbocycles. The van der Waals surface area contributed by atoms with E-state index in [1.807, 2.05) is 37.3 Å². The van der Waals surface area contributed by atoms with Crippen molar-refractivity contribution in [2.24, 2.45) is 5.73 Å². The van der Waals surface area contributed by atoms with Crippen molar-refractivity contribution in [3.05, 3.63) is 42.2 Å². The summed E-state index contributed by atoms with van der Waals surface area (Å²) in [5.41, 5.74) is 6.06. The SMILES string of the molecule is CCCC(NC(=O)c1nccc2ccccc12)C(N)=S. The minimum absolute atomic E-state index is 0.243. The standard InChI is InChI=1S/C15H17N3OS/c1-2-5-12(14(16)20)18-15(19)13-11-7-4-3-6-10(11)8-9-17-13/h3-4,6-9,12H,2,5H2,1H3,(H2,16,20)(H,18,19). The van der Waals surface area contributed by atoms with E-state index in [-0.39, 0.29) is 11.9 Å². The molecule has 2 aromatic rings. The number of amides is 1. The second-order valence-electron chi connectivity index (χ2n) is 4.60. The van der Waals surface area contributed by atoms with Gasteiger partial charge in [0.2, 0.25) is 0 Å². The lowest BCUT2D eigenvalue weighted by Crippen LogP contribution is -2.43. The van der Waals surface area contributed by atoms with Crippen LogP contribution in [0.25, 0.3) is 10.8 Å². The third kappa shape index (κ3) is 3.11. The van der Waals surface area contributed by atoms with Gasteiger partial charge in [0.25, 0.3) is 5.91 Å². The van der Waals surface area contributed by atoms with Crippen LogP contribution in [0.15, 0.2) is 36.5 Å². The van der Waals surface area contributed by atoms with Gasteiger partial charge in [0, 0.05) is 11.6 Å². The van der Waals surface area contributed by atoms with E-state index < -0.39 is 0 Å². The summed E-state index contributed by atoms with van der Waals surface area (Å²) in [6, 6.07) is 9.24. The number of rotatable bonds is 5. The molecule has 0 aliphatic heterocycles. The van der Waals surface area contributed by atoms with Crippen LogP contribution in [-0.4, -0.2) is 21.9 Å². The predicted octanol–water partition coefficient (Wildman–Crippen LogP) is 2.42. The number of fused-ring (bicyclic) bond motifs is 1. The van der Waals surface area contributed by atoms with Crippen molar-refractivity contribution in [1.82, 2.24) is 10.3 Å². The van der Waals surface area contributed by atoms with E-state index in [1.165, 1.54) is 0 Å². The minimum atomic E-state index is -0.289. The maximum absolute atomic E-state index is 12.4. The van der Waals surface area contributed by atoms with Gasteiger partial charge < -0.3 is 11.1 Å². The quantitative estimate of drug-likeness (QED) is 0.829. The van der Waals surface area contributed by atoms with Crippen LogP contribution in [0.3, 0.4) is 0 Å². The summed E-state index contributed by atoms with van der Waals surface area (Å²) < 4.78 is 0. The molecule has 0 fully saturated rings.